The Morgan fingerprint density at radius 2 is 1.29 bits per heavy atom. The van der Waals surface area contributed by atoms with Crippen LogP contribution in [0.3, 0.4) is 0 Å². The van der Waals surface area contributed by atoms with Crippen LogP contribution < -0.4 is 4.74 Å². The molecule has 0 spiro atoms. The van der Waals surface area contributed by atoms with E-state index in [4.69, 9.17) is 4.74 Å². The predicted octanol–water partition coefficient (Wildman–Crippen LogP) is 6.17. The number of methoxy groups -OCH3 is 1. The number of rotatable bonds is 3. The van der Waals surface area contributed by atoms with Gasteiger partial charge in [-0.2, -0.15) is 0 Å². The second-order valence-electron chi connectivity index (χ2n) is 5.80. The Labute approximate surface area is 141 Å². The Kier molecular flexibility index (Phi) is 3.76. The van der Waals surface area contributed by atoms with Crippen molar-refractivity contribution >= 4 is 33.7 Å². The van der Waals surface area contributed by atoms with Crippen LogP contribution in [-0.4, -0.2) is 7.11 Å². The summed E-state index contributed by atoms with van der Waals surface area (Å²) in [6.07, 6.45) is 4.33. The van der Waals surface area contributed by atoms with E-state index in [-0.39, 0.29) is 0 Å². The van der Waals surface area contributed by atoms with Gasteiger partial charge in [0.15, 0.2) is 0 Å². The van der Waals surface area contributed by atoms with E-state index in [0.29, 0.717) is 0 Å². The van der Waals surface area contributed by atoms with Gasteiger partial charge < -0.3 is 4.74 Å². The first-order valence-electron chi connectivity index (χ1n) is 8.08. The summed E-state index contributed by atoms with van der Waals surface area (Å²) >= 11 is 0. The van der Waals surface area contributed by atoms with Crippen molar-refractivity contribution in [2.24, 2.45) is 0 Å². The molecule has 0 aromatic heterocycles. The van der Waals surface area contributed by atoms with Crippen LogP contribution in [0.1, 0.15) is 11.1 Å². The molecule has 0 amide bonds. The molecule has 24 heavy (non-hydrogen) atoms. The molecule has 4 aromatic rings. The highest BCUT2D eigenvalue weighted by Gasteiger charge is 2.05. The van der Waals surface area contributed by atoms with Crippen LogP contribution in [0.5, 0.6) is 5.75 Å². The minimum absolute atomic E-state index is 0.894. The van der Waals surface area contributed by atoms with Crippen molar-refractivity contribution in [2.75, 3.05) is 7.11 Å². The maximum Gasteiger partial charge on any atom is 0.126 e. The zero-order valence-corrected chi connectivity index (χ0v) is 13.6. The molecular weight excluding hydrogens is 292 g/mol. The van der Waals surface area contributed by atoms with E-state index in [2.05, 4.69) is 84.9 Å². The van der Waals surface area contributed by atoms with Crippen LogP contribution in [0.2, 0.25) is 0 Å². The minimum atomic E-state index is 0.894. The highest BCUT2D eigenvalue weighted by Crippen LogP contribution is 2.30. The fourth-order valence-electron chi connectivity index (χ4n) is 3.19. The highest BCUT2D eigenvalue weighted by molar-refractivity contribution is 5.98. The number of benzene rings is 4. The molecule has 1 nitrogen and oxygen atoms in total. The van der Waals surface area contributed by atoms with Crippen molar-refractivity contribution in [2.45, 2.75) is 0 Å². The molecule has 4 aromatic carbocycles. The van der Waals surface area contributed by atoms with Crippen molar-refractivity contribution in [3.63, 3.8) is 0 Å². The molecule has 0 heterocycles. The minimum Gasteiger partial charge on any atom is -0.496 e. The molecule has 0 fully saturated rings. The standard InChI is InChI=1S/C23H18O/c1-24-23-16-14-19-8-3-5-12-21(19)22(23)15-13-18-10-6-9-17-7-2-4-11-20(17)18/h2-16H,1H3/b15-13+. The molecule has 0 aliphatic rings. The largest absolute Gasteiger partial charge is 0.496 e. The van der Waals surface area contributed by atoms with Crippen LogP contribution in [0.4, 0.5) is 0 Å². The van der Waals surface area contributed by atoms with E-state index in [1.807, 2.05) is 6.07 Å². The number of hydrogen-bond donors (Lipinski definition) is 0. The van der Waals surface area contributed by atoms with Crippen LogP contribution in [0, 0.1) is 0 Å². The fraction of sp³-hybridized carbons (Fsp3) is 0.0435. The first-order valence-corrected chi connectivity index (χ1v) is 8.08. The SMILES string of the molecule is COc1ccc2ccccc2c1/C=C/c1cccc2ccccc12. The van der Waals surface area contributed by atoms with Gasteiger partial charge in [0.1, 0.15) is 5.75 Å². The lowest BCUT2D eigenvalue weighted by molar-refractivity contribution is 0.414. The number of fused-ring (bicyclic) bond motifs is 2. The molecule has 1 heteroatoms. The van der Waals surface area contributed by atoms with Crippen LogP contribution in [0.15, 0.2) is 78.9 Å². The summed E-state index contributed by atoms with van der Waals surface area (Å²) in [6.45, 7) is 0. The summed E-state index contributed by atoms with van der Waals surface area (Å²) in [5, 5.41) is 4.93. The summed E-state index contributed by atoms with van der Waals surface area (Å²) in [7, 11) is 1.72. The average Bonchev–Trinajstić information content (AvgIpc) is 2.66. The Balaban J connectivity index is 1.88. The predicted molar refractivity (Wildman–Crippen MR) is 103 cm³/mol. The third-order valence-electron chi connectivity index (χ3n) is 4.40. The lowest BCUT2D eigenvalue weighted by Crippen LogP contribution is -1.88. The highest BCUT2D eigenvalue weighted by atomic mass is 16.5. The topological polar surface area (TPSA) is 9.23 Å². The smallest absolute Gasteiger partial charge is 0.126 e. The van der Waals surface area contributed by atoms with Gasteiger partial charge in [-0.25, -0.2) is 0 Å². The van der Waals surface area contributed by atoms with Gasteiger partial charge in [0.25, 0.3) is 0 Å². The molecular formula is C23H18O. The van der Waals surface area contributed by atoms with Crippen molar-refractivity contribution in [3.8, 4) is 5.75 Å². The first kappa shape index (κ1) is 14.5. The van der Waals surface area contributed by atoms with Crippen LogP contribution in [-0.2, 0) is 0 Å². The molecule has 0 aliphatic carbocycles. The third kappa shape index (κ3) is 2.55. The molecule has 0 saturated heterocycles. The van der Waals surface area contributed by atoms with E-state index in [9.17, 15) is 0 Å². The zero-order chi connectivity index (χ0) is 16.4. The summed E-state index contributed by atoms with van der Waals surface area (Å²) in [6, 6.07) is 27.4. The quantitative estimate of drug-likeness (QED) is 0.411. The Morgan fingerprint density at radius 3 is 2.08 bits per heavy atom. The zero-order valence-electron chi connectivity index (χ0n) is 13.6. The summed E-state index contributed by atoms with van der Waals surface area (Å²) in [5.74, 6) is 0.894. The monoisotopic (exact) mass is 310 g/mol. The van der Waals surface area contributed by atoms with Gasteiger partial charge >= 0.3 is 0 Å². The van der Waals surface area contributed by atoms with E-state index in [0.717, 1.165) is 11.3 Å². The average molecular weight is 310 g/mol. The summed E-state index contributed by atoms with van der Waals surface area (Å²) in [4.78, 5) is 0. The van der Waals surface area contributed by atoms with Gasteiger partial charge in [-0.05, 0) is 33.2 Å². The maximum absolute atomic E-state index is 5.58. The molecule has 4 rings (SSSR count). The first-order chi connectivity index (χ1) is 11.9. The lowest BCUT2D eigenvalue weighted by atomic mass is 10.0. The summed E-state index contributed by atoms with van der Waals surface area (Å²) in [5.41, 5.74) is 2.33. The second-order valence-corrected chi connectivity index (χ2v) is 5.80. The Morgan fingerprint density at radius 1 is 0.625 bits per heavy atom. The van der Waals surface area contributed by atoms with E-state index < -0.39 is 0 Å². The fourth-order valence-corrected chi connectivity index (χ4v) is 3.19. The molecule has 116 valence electrons. The Bertz CT molecular complexity index is 1040. The van der Waals surface area contributed by atoms with E-state index in [1.54, 1.807) is 7.11 Å². The third-order valence-corrected chi connectivity index (χ3v) is 4.40. The van der Waals surface area contributed by atoms with Crippen molar-refractivity contribution in [1.29, 1.82) is 0 Å². The van der Waals surface area contributed by atoms with Gasteiger partial charge in [0.2, 0.25) is 0 Å². The number of hydrogen-bond acceptors (Lipinski definition) is 1. The number of ether oxygens (including phenoxy) is 1. The molecule has 0 aliphatic heterocycles. The van der Waals surface area contributed by atoms with Gasteiger partial charge in [-0.3, -0.25) is 0 Å². The molecule has 0 saturated carbocycles. The van der Waals surface area contributed by atoms with Crippen molar-refractivity contribution < 1.29 is 4.74 Å². The molecule has 0 radical (unpaired) electrons. The van der Waals surface area contributed by atoms with Gasteiger partial charge in [-0.15, -0.1) is 0 Å². The van der Waals surface area contributed by atoms with Gasteiger partial charge in [0.05, 0.1) is 7.11 Å². The molecule has 0 N–H and O–H groups in total. The maximum atomic E-state index is 5.58. The Hall–Kier alpha value is -3.06. The van der Waals surface area contributed by atoms with Gasteiger partial charge in [0, 0.05) is 5.56 Å². The van der Waals surface area contributed by atoms with Crippen LogP contribution in [0.25, 0.3) is 33.7 Å². The second kappa shape index (κ2) is 6.21. The molecule has 0 unspecified atom stereocenters. The molecule has 0 bridgehead atoms. The van der Waals surface area contributed by atoms with Crippen LogP contribution >= 0.6 is 0 Å². The summed E-state index contributed by atoms with van der Waals surface area (Å²) < 4.78 is 5.58. The van der Waals surface area contributed by atoms with Crippen molar-refractivity contribution in [3.05, 3.63) is 90.0 Å². The normalized spacial score (nSPS) is 11.4. The van der Waals surface area contributed by atoms with E-state index >= 15 is 0 Å². The van der Waals surface area contributed by atoms with Crippen molar-refractivity contribution in [1.82, 2.24) is 0 Å². The van der Waals surface area contributed by atoms with E-state index in [1.165, 1.54) is 27.1 Å². The molecule has 0 atom stereocenters. The van der Waals surface area contributed by atoms with Gasteiger partial charge in [-0.1, -0.05) is 84.9 Å². The lowest BCUT2D eigenvalue weighted by Gasteiger charge is -2.09.